The maximum Gasteiger partial charge on any atom is 0.305 e. The van der Waals surface area contributed by atoms with Gasteiger partial charge in [0.2, 0.25) is 5.82 Å². The van der Waals surface area contributed by atoms with Gasteiger partial charge in [0.05, 0.1) is 16.8 Å². The van der Waals surface area contributed by atoms with Crippen molar-refractivity contribution >= 4 is 11.4 Å². The van der Waals surface area contributed by atoms with E-state index in [4.69, 9.17) is 0 Å². The highest BCUT2D eigenvalue weighted by Gasteiger charge is 2.18. The summed E-state index contributed by atoms with van der Waals surface area (Å²) in [5.74, 6) is -2.02. The zero-order valence-electron chi connectivity index (χ0n) is 10.6. The molecule has 0 saturated heterocycles. The summed E-state index contributed by atoms with van der Waals surface area (Å²) < 4.78 is 26.8. The van der Waals surface area contributed by atoms with Crippen LogP contribution < -0.4 is 5.32 Å². The highest BCUT2D eigenvalue weighted by Crippen LogP contribution is 2.22. The van der Waals surface area contributed by atoms with Gasteiger partial charge in [0.1, 0.15) is 5.82 Å². The van der Waals surface area contributed by atoms with E-state index >= 15 is 0 Å². The molecule has 0 aliphatic carbocycles. The molecule has 104 valence electrons. The largest absolute Gasteiger partial charge is 0.379 e. The molecule has 0 spiro atoms. The van der Waals surface area contributed by atoms with E-state index in [0.717, 1.165) is 11.6 Å². The molecule has 0 unspecified atom stereocenters. The quantitative estimate of drug-likeness (QED) is 0.689. The fourth-order valence-electron chi connectivity index (χ4n) is 1.70. The average molecular weight is 279 g/mol. The summed E-state index contributed by atoms with van der Waals surface area (Å²) in [6, 6.07) is 3.18. The second kappa shape index (κ2) is 5.60. The van der Waals surface area contributed by atoms with E-state index in [1.54, 1.807) is 18.5 Å². The van der Waals surface area contributed by atoms with Crippen molar-refractivity contribution in [1.82, 2.24) is 4.98 Å². The fourth-order valence-corrected chi connectivity index (χ4v) is 1.70. The highest BCUT2D eigenvalue weighted by molar-refractivity contribution is 5.49. The molecule has 0 aliphatic heterocycles. The van der Waals surface area contributed by atoms with Gasteiger partial charge >= 0.3 is 5.69 Å². The van der Waals surface area contributed by atoms with E-state index in [0.29, 0.717) is 11.8 Å². The van der Waals surface area contributed by atoms with Crippen LogP contribution in [0.25, 0.3) is 0 Å². The molecule has 0 atom stereocenters. The first-order valence-electron chi connectivity index (χ1n) is 5.76. The fraction of sp³-hybridized carbons (Fsp3) is 0.154. The maximum atomic E-state index is 13.6. The highest BCUT2D eigenvalue weighted by atomic mass is 19.1. The van der Waals surface area contributed by atoms with Crippen LogP contribution in [-0.4, -0.2) is 9.91 Å². The number of benzene rings is 1. The molecule has 1 heterocycles. The van der Waals surface area contributed by atoms with Crippen LogP contribution in [0.15, 0.2) is 30.6 Å². The van der Waals surface area contributed by atoms with E-state index in [9.17, 15) is 18.9 Å². The Labute approximate surface area is 113 Å². The monoisotopic (exact) mass is 279 g/mol. The molecule has 2 aromatic rings. The first kappa shape index (κ1) is 13.9. The van der Waals surface area contributed by atoms with E-state index in [-0.39, 0.29) is 12.1 Å². The molecule has 0 radical (unpaired) electrons. The van der Waals surface area contributed by atoms with Gasteiger partial charge in [0.25, 0.3) is 0 Å². The van der Waals surface area contributed by atoms with Gasteiger partial charge in [-0.05, 0) is 18.6 Å². The SMILES string of the molecule is Cc1ccncc1NCc1cc([N+](=O)[O-])c(F)cc1F. The third-order valence-corrected chi connectivity index (χ3v) is 2.82. The first-order chi connectivity index (χ1) is 9.49. The first-order valence-corrected chi connectivity index (χ1v) is 5.76. The summed E-state index contributed by atoms with van der Waals surface area (Å²) in [6.45, 7) is 1.84. The van der Waals surface area contributed by atoms with Crippen molar-refractivity contribution < 1.29 is 13.7 Å². The predicted octanol–water partition coefficient (Wildman–Crippen LogP) is 3.19. The lowest BCUT2D eigenvalue weighted by Crippen LogP contribution is -2.05. The number of anilines is 1. The lowest BCUT2D eigenvalue weighted by Gasteiger charge is -2.09. The van der Waals surface area contributed by atoms with Gasteiger partial charge in [0.15, 0.2) is 0 Å². The Balaban J connectivity index is 2.24. The second-order valence-corrected chi connectivity index (χ2v) is 4.20. The van der Waals surface area contributed by atoms with E-state index < -0.39 is 22.2 Å². The second-order valence-electron chi connectivity index (χ2n) is 4.20. The molecule has 0 fully saturated rings. The van der Waals surface area contributed by atoms with Crippen molar-refractivity contribution in [3.05, 3.63) is 63.5 Å². The standard InChI is InChI=1S/C13H11F2N3O2/c1-8-2-3-16-7-12(8)17-6-9-4-13(18(19)20)11(15)5-10(9)14/h2-5,7,17H,6H2,1H3. The minimum absolute atomic E-state index is 0.000509. The summed E-state index contributed by atoms with van der Waals surface area (Å²) in [5, 5.41) is 13.5. The average Bonchev–Trinajstić information content (AvgIpc) is 2.39. The molecule has 7 heteroatoms. The van der Waals surface area contributed by atoms with E-state index in [1.807, 2.05) is 6.92 Å². The normalized spacial score (nSPS) is 10.3. The molecule has 20 heavy (non-hydrogen) atoms. The van der Waals surface area contributed by atoms with Gasteiger partial charge < -0.3 is 5.32 Å². The van der Waals surface area contributed by atoms with Crippen LogP contribution in [0, 0.1) is 28.7 Å². The smallest absolute Gasteiger partial charge is 0.305 e. The third kappa shape index (κ3) is 2.87. The Morgan fingerprint density at radius 1 is 1.35 bits per heavy atom. The van der Waals surface area contributed by atoms with Crippen molar-refractivity contribution in [2.45, 2.75) is 13.5 Å². The van der Waals surface area contributed by atoms with Gasteiger partial charge in [-0.1, -0.05) is 0 Å². The van der Waals surface area contributed by atoms with Crippen LogP contribution in [0.4, 0.5) is 20.2 Å². The number of aromatic nitrogens is 1. The van der Waals surface area contributed by atoms with E-state index in [2.05, 4.69) is 10.3 Å². The number of nitrogens with zero attached hydrogens (tertiary/aromatic N) is 2. The molecule has 0 aliphatic rings. The zero-order valence-corrected chi connectivity index (χ0v) is 10.6. The minimum atomic E-state index is -1.19. The minimum Gasteiger partial charge on any atom is -0.379 e. The summed E-state index contributed by atoms with van der Waals surface area (Å²) in [5.41, 5.74) is 0.850. The van der Waals surface area contributed by atoms with Crippen molar-refractivity contribution in [2.24, 2.45) is 0 Å². The molecule has 0 bridgehead atoms. The topological polar surface area (TPSA) is 68.1 Å². The van der Waals surface area contributed by atoms with Crippen molar-refractivity contribution in [2.75, 3.05) is 5.32 Å². The van der Waals surface area contributed by atoms with Crippen molar-refractivity contribution in [1.29, 1.82) is 0 Å². The van der Waals surface area contributed by atoms with Gasteiger partial charge in [-0.15, -0.1) is 0 Å². The molecular formula is C13H11F2N3O2. The van der Waals surface area contributed by atoms with Crippen LogP contribution >= 0.6 is 0 Å². The number of rotatable bonds is 4. The molecule has 1 aromatic heterocycles. The lowest BCUT2D eigenvalue weighted by atomic mass is 10.1. The molecular weight excluding hydrogens is 268 g/mol. The summed E-state index contributed by atoms with van der Waals surface area (Å²) in [7, 11) is 0. The van der Waals surface area contributed by atoms with Gasteiger partial charge in [-0.3, -0.25) is 15.1 Å². The van der Waals surface area contributed by atoms with Gasteiger partial charge in [-0.2, -0.15) is 4.39 Å². The number of hydrogen-bond acceptors (Lipinski definition) is 4. The molecule has 0 amide bonds. The summed E-state index contributed by atoms with van der Waals surface area (Å²) >= 11 is 0. The maximum absolute atomic E-state index is 13.6. The Kier molecular flexibility index (Phi) is 3.88. The Morgan fingerprint density at radius 3 is 2.75 bits per heavy atom. The van der Waals surface area contributed by atoms with Gasteiger partial charge in [-0.25, -0.2) is 4.39 Å². The van der Waals surface area contributed by atoms with Crippen LogP contribution in [0.3, 0.4) is 0 Å². The lowest BCUT2D eigenvalue weighted by molar-refractivity contribution is -0.387. The Morgan fingerprint density at radius 2 is 2.10 bits per heavy atom. The van der Waals surface area contributed by atoms with Crippen LogP contribution in [0.2, 0.25) is 0 Å². The van der Waals surface area contributed by atoms with E-state index in [1.165, 1.54) is 0 Å². The number of nitro groups is 1. The summed E-state index contributed by atoms with van der Waals surface area (Å²) in [4.78, 5) is 13.7. The van der Waals surface area contributed by atoms with Crippen LogP contribution in [-0.2, 0) is 6.54 Å². The van der Waals surface area contributed by atoms with Crippen molar-refractivity contribution in [3.8, 4) is 0 Å². The van der Waals surface area contributed by atoms with Crippen molar-refractivity contribution in [3.63, 3.8) is 0 Å². The summed E-state index contributed by atoms with van der Waals surface area (Å²) in [6.07, 6.45) is 3.18. The number of pyridine rings is 1. The number of hydrogen-bond donors (Lipinski definition) is 1. The number of aryl methyl sites for hydroxylation is 1. The third-order valence-electron chi connectivity index (χ3n) is 2.82. The Hall–Kier alpha value is -2.57. The molecule has 2 rings (SSSR count). The molecule has 0 saturated carbocycles. The number of nitro benzene ring substituents is 1. The number of halogens is 2. The van der Waals surface area contributed by atoms with Crippen LogP contribution in [0.5, 0.6) is 0 Å². The van der Waals surface area contributed by atoms with Gasteiger partial charge in [0, 0.05) is 30.4 Å². The molecule has 5 nitrogen and oxygen atoms in total. The molecule has 1 N–H and O–H groups in total. The predicted molar refractivity (Wildman–Crippen MR) is 69.3 cm³/mol. The Bertz CT molecular complexity index is 662. The zero-order chi connectivity index (χ0) is 14.7. The van der Waals surface area contributed by atoms with Crippen LogP contribution in [0.1, 0.15) is 11.1 Å². The number of nitrogens with one attached hydrogen (secondary N) is 1. The molecule has 1 aromatic carbocycles.